The highest BCUT2D eigenvalue weighted by atomic mass is 79.9. The van der Waals surface area contributed by atoms with Crippen LogP contribution in [0.25, 0.3) is 0 Å². The minimum atomic E-state index is -0.302. The van der Waals surface area contributed by atoms with Gasteiger partial charge in [0.25, 0.3) is 0 Å². The molecular formula is C18H22BrFN4O. The molecule has 1 heterocycles. The Labute approximate surface area is 155 Å². The van der Waals surface area contributed by atoms with Gasteiger partial charge in [-0.2, -0.15) is 4.98 Å². The minimum absolute atomic E-state index is 0.0148. The van der Waals surface area contributed by atoms with Crippen LogP contribution in [0.15, 0.2) is 28.7 Å². The van der Waals surface area contributed by atoms with Crippen molar-refractivity contribution < 1.29 is 9.50 Å². The van der Waals surface area contributed by atoms with E-state index in [4.69, 9.17) is 0 Å². The molecule has 25 heavy (non-hydrogen) atoms. The van der Waals surface area contributed by atoms with Crippen molar-refractivity contribution in [2.75, 3.05) is 17.2 Å². The van der Waals surface area contributed by atoms with Crippen LogP contribution in [0.2, 0.25) is 0 Å². The first-order valence-corrected chi connectivity index (χ1v) is 9.24. The Bertz CT molecular complexity index is 752. The van der Waals surface area contributed by atoms with E-state index in [1.165, 1.54) is 12.1 Å². The number of anilines is 3. The van der Waals surface area contributed by atoms with Gasteiger partial charge in [0.2, 0.25) is 5.95 Å². The first-order valence-electron chi connectivity index (χ1n) is 8.44. The molecule has 1 aromatic heterocycles. The molecule has 0 unspecified atom stereocenters. The van der Waals surface area contributed by atoms with Crippen LogP contribution in [-0.4, -0.2) is 27.7 Å². The molecule has 3 N–H and O–H groups in total. The number of rotatable bonds is 7. The van der Waals surface area contributed by atoms with Crippen LogP contribution in [0, 0.1) is 11.7 Å². The zero-order valence-electron chi connectivity index (χ0n) is 14.3. The highest BCUT2D eigenvalue weighted by molar-refractivity contribution is 9.10. The molecule has 0 aliphatic heterocycles. The van der Waals surface area contributed by atoms with Gasteiger partial charge in [-0.3, -0.25) is 0 Å². The summed E-state index contributed by atoms with van der Waals surface area (Å²) in [6.45, 7) is 4.09. The molecule has 1 aliphatic rings. The van der Waals surface area contributed by atoms with E-state index < -0.39 is 0 Å². The number of hydrogen-bond acceptors (Lipinski definition) is 5. The van der Waals surface area contributed by atoms with Crippen molar-refractivity contribution in [1.82, 2.24) is 9.97 Å². The van der Waals surface area contributed by atoms with Gasteiger partial charge in [0.1, 0.15) is 11.6 Å². The number of nitrogens with one attached hydrogen (secondary N) is 2. The number of nitrogens with zero attached hydrogens (tertiary/aromatic N) is 2. The van der Waals surface area contributed by atoms with Crippen molar-refractivity contribution in [2.24, 2.45) is 5.92 Å². The van der Waals surface area contributed by atoms with Gasteiger partial charge in [0.15, 0.2) is 0 Å². The van der Waals surface area contributed by atoms with Gasteiger partial charge in [0.05, 0.1) is 24.0 Å². The average molecular weight is 409 g/mol. The molecule has 134 valence electrons. The molecule has 5 nitrogen and oxygen atoms in total. The summed E-state index contributed by atoms with van der Waals surface area (Å²) >= 11 is 3.36. The predicted molar refractivity (Wildman–Crippen MR) is 101 cm³/mol. The Morgan fingerprint density at radius 2 is 2.04 bits per heavy atom. The Balaban J connectivity index is 1.87. The van der Waals surface area contributed by atoms with Gasteiger partial charge < -0.3 is 15.7 Å². The van der Waals surface area contributed by atoms with Gasteiger partial charge in [-0.25, -0.2) is 9.37 Å². The third-order valence-corrected chi connectivity index (χ3v) is 4.91. The third-order valence-electron chi connectivity index (χ3n) is 4.25. The second kappa shape index (κ2) is 7.66. The summed E-state index contributed by atoms with van der Waals surface area (Å²) in [4.78, 5) is 9.11. The maximum Gasteiger partial charge on any atom is 0.225 e. The van der Waals surface area contributed by atoms with Crippen molar-refractivity contribution in [3.05, 3.63) is 40.2 Å². The van der Waals surface area contributed by atoms with E-state index in [0.717, 1.165) is 24.2 Å². The fourth-order valence-electron chi connectivity index (χ4n) is 2.50. The summed E-state index contributed by atoms with van der Waals surface area (Å²) in [5.41, 5.74) is 1.72. The fourth-order valence-corrected chi connectivity index (χ4v) is 2.95. The number of hydrogen-bond donors (Lipinski definition) is 3. The van der Waals surface area contributed by atoms with Gasteiger partial charge in [-0.05, 0) is 52.9 Å². The van der Waals surface area contributed by atoms with Crippen LogP contribution in [-0.2, 0) is 0 Å². The molecule has 0 bridgehead atoms. The molecule has 7 heteroatoms. The molecule has 1 saturated carbocycles. The maximum absolute atomic E-state index is 13.3. The monoisotopic (exact) mass is 408 g/mol. The SMILES string of the molecule is CC(C)[C@@H](CO)Nc1nc(Nc2ccc(F)cc2Br)cc(C2CC2)n1. The van der Waals surface area contributed by atoms with E-state index in [-0.39, 0.29) is 24.4 Å². The lowest BCUT2D eigenvalue weighted by Crippen LogP contribution is -2.30. The van der Waals surface area contributed by atoms with E-state index in [2.05, 4.69) is 36.5 Å². The number of halogens is 2. The summed E-state index contributed by atoms with van der Waals surface area (Å²) in [6.07, 6.45) is 2.26. The van der Waals surface area contributed by atoms with E-state index >= 15 is 0 Å². The quantitative estimate of drug-likeness (QED) is 0.631. The smallest absolute Gasteiger partial charge is 0.225 e. The molecule has 0 saturated heterocycles. The molecule has 0 spiro atoms. The van der Waals surface area contributed by atoms with Gasteiger partial charge >= 0.3 is 0 Å². The molecule has 3 rings (SSSR count). The van der Waals surface area contributed by atoms with Crippen LogP contribution >= 0.6 is 15.9 Å². The Morgan fingerprint density at radius 3 is 2.64 bits per heavy atom. The van der Waals surface area contributed by atoms with Crippen LogP contribution in [0.1, 0.15) is 38.3 Å². The standard InChI is InChI=1S/C18H22BrFN4O/c1-10(2)16(9-25)23-18-22-15(11-3-4-11)8-17(24-18)21-14-6-5-12(20)7-13(14)19/h5-8,10-11,16,25H,3-4,9H2,1-2H3,(H2,21,22,23,24)/t16-/m1/s1. The number of aliphatic hydroxyl groups is 1. The highest BCUT2D eigenvalue weighted by Gasteiger charge is 2.26. The van der Waals surface area contributed by atoms with E-state index in [1.807, 2.05) is 19.9 Å². The second-order valence-corrected chi connectivity index (χ2v) is 7.56. The summed E-state index contributed by atoms with van der Waals surface area (Å²) < 4.78 is 13.9. The normalized spacial score (nSPS) is 15.3. The summed E-state index contributed by atoms with van der Waals surface area (Å²) in [5, 5.41) is 16.0. The van der Waals surface area contributed by atoms with Crippen LogP contribution in [0.3, 0.4) is 0 Å². The van der Waals surface area contributed by atoms with E-state index in [0.29, 0.717) is 22.2 Å². The van der Waals surface area contributed by atoms with E-state index in [1.54, 1.807) is 6.07 Å². The van der Waals surface area contributed by atoms with Crippen LogP contribution < -0.4 is 10.6 Å². The first-order chi connectivity index (χ1) is 12.0. The topological polar surface area (TPSA) is 70.1 Å². The van der Waals surface area contributed by atoms with Gasteiger partial charge in [0, 0.05) is 16.5 Å². The van der Waals surface area contributed by atoms with Crippen molar-refractivity contribution >= 4 is 33.4 Å². The molecule has 2 aromatic rings. The zero-order valence-corrected chi connectivity index (χ0v) is 15.8. The molecule has 1 aliphatic carbocycles. The zero-order chi connectivity index (χ0) is 18.0. The molecule has 1 aromatic carbocycles. The molecule has 0 amide bonds. The largest absolute Gasteiger partial charge is 0.394 e. The molecule has 0 radical (unpaired) electrons. The lowest BCUT2D eigenvalue weighted by Gasteiger charge is -2.20. The third kappa shape index (κ3) is 4.67. The van der Waals surface area contributed by atoms with Gasteiger partial charge in [-0.1, -0.05) is 13.8 Å². The maximum atomic E-state index is 13.3. The first kappa shape index (κ1) is 18.1. The van der Waals surface area contributed by atoms with E-state index in [9.17, 15) is 9.50 Å². The average Bonchev–Trinajstić information content (AvgIpc) is 3.40. The molecular weight excluding hydrogens is 387 g/mol. The summed E-state index contributed by atoms with van der Waals surface area (Å²) in [6, 6.07) is 6.29. The Hall–Kier alpha value is -1.73. The lowest BCUT2D eigenvalue weighted by atomic mass is 10.1. The van der Waals surface area contributed by atoms with Crippen molar-refractivity contribution in [2.45, 2.75) is 38.6 Å². The van der Waals surface area contributed by atoms with Crippen molar-refractivity contribution in [3.8, 4) is 0 Å². The van der Waals surface area contributed by atoms with Gasteiger partial charge in [-0.15, -0.1) is 0 Å². The number of aromatic nitrogens is 2. The van der Waals surface area contributed by atoms with Crippen molar-refractivity contribution in [3.63, 3.8) is 0 Å². The second-order valence-electron chi connectivity index (χ2n) is 6.70. The minimum Gasteiger partial charge on any atom is -0.394 e. The summed E-state index contributed by atoms with van der Waals surface area (Å²) in [7, 11) is 0. The lowest BCUT2D eigenvalue weighted by molar-refractivity contribution is 0.248. The summed E-state index contributed by atoms with van der Waals surface area (Å²) in [5.74, 6) is 1.56. The molecule has 1 atom stereocenters. The predicted octanol–water partition coefficient (Wildman–Crippen LogP) is 4.43. The Morgan fingerprint density at radius 1 is 1.28 bits per heavy atom. The van der Waals surface area contributed by atoms with Crippen LogP contribution in [0.4, 0.5) is 21.8 Å². The van der Waals surface area contributed by atoms with Crippen molar-refractivity contribution in [1.29, 1.82) is 0 Å². The van der Waals surface area contributed by atoms with Crippen LogP contribution in [0.5, 0.6) is 0 Å². The fraction of sp³-hybridized carbons (Fsp3) is 0.444. The highest BCUT2D eigenvalue weighted by Crippen LogP contribution is 2.40. The Kier molecular flexibility index (Phi) is 5.54. The molecule has 1 fully saturated rings. The number of aliphatic hydroxyl groups excluding tert-OH is 1. The number of benzene rings is 1.